The van der Waals surface area contributed by atoms with E-state index >= 15 is 0 Å². The van der Waals surface area contributed by atoms with E-state index in [0.29, 0.717) is 10.8 Å². The van der Waals surface area contributed by atoms with E-state index in [1.165, 1.54) is 6.08 Å². The average Bonchev–Trinajstić information content (AvgIpc) is 2.10. The van der Waals surface area contributed by atoms with Gasteiger partial charge >= 0.3 is 0 Å². The number of anilines is 1. The molecule has 72 valence electrons. The minimum Gasteiger partial charge on any atom is -0.385 e. The van der Waals surface area contributed by atoms with E-state index in [0.717, 1.165) is 11.3 Å². The zero-order valence-electron chi connectivity index (χ0n) is 7.71. The lowest BCUT2D eigenvalue weighted by molar-refractivity contribution is 1.29. The molecule has 0 atom stereocenters. The molecular formula is C10H10ClN3. The Bertz CT molecular complexity index is 404. The molecule has 0 spiro atoms. The Balaban J connectivity index is 2.89. The molecule has 0 radical (unpaired) electrons. The number of hydrogen-bond acceptors (Lipinski definition) is 3. The standard InChI is InChI=1S/C10H10ClN3/c1-7-6-8(11)2-3-9(7)14-10(13)4-5-12/h2-4,6,14H,13H2,1H3/b10-4-. The van der Waals surface area contributed by atoms with Crippen LogP contribution in [0.25, 0.3) is 0 Å². The van der Waals surface area contributed by atoms with Crippen molar-refractivity contribution in [2.24, 2.45) is 5.73 Å². The number of nitrogens with zero attached hydrogens (tertiary/aromatic N) is 1. The van der Waals surface area contributed by atoms with Crippen molar-refractivity contribution in [2.45, 2.75) is 6.92 Å². The molecule has 0 heterocycles. The molecule has 0 bridgehead atoms. The van der Waals surface area contributed by atoms with Crippen LogP contribution in [0.1, 0.15) is 5.56 Å². The van der Waals surface area contributed by atoms with Crippen molar-refractivity contribution in [3.63, 3.8) is 0 Å². The van der Waals surface area contributed by atoms with Crippen LogP contribution in [0.5, 0.6) is 0 Å². The fraction of sp³-hybridized carbons (Fsp3) is 0.100. The number of rotatable bonds is 2. The summed E-state index contributed by atoms with van der Waals surface area (Å²) in [6.07, 6.45) is 1.24. The summed E-state index contributed by atoms with van der Waals surface area (Å²) in [5, 5.41) is 11.9. The van der Waals surface area contributed by atoms with Crippen LogP contribution in [0, 0.1) is 18.3 Å². The van der Waals surface area contributed by atoms with Crippen LogP contribution in [-0.4, -0.2) is 0 Å². The third-order valence-corrected chi connectivity index (χ3v) is 1.92. The minimum atomic E-state index is 0.318. The maximum atomic E-state index is 8.36. The summed E-state index contributed by atoms with van der Waals surface area (Å²) in [5.41, 5.74) is 7.34. The second-order valence-corrected chi connectivity index (χ2v) is 3.25. The van der Waals surface area contributed by atoms with Gasteiger partial charge in [0.1, 0.15) is 5.82 Å². The largest absolute Gasteiger partial charge is 0.385 e. The van der Waals surface area contributed by atoms with Crippen molar-refractivity contribution in [1.82, 2.24) is 0 Å². The van der Waals surface area contributed by atoms with Gasteiger partial charge in [0.2, 0.25) is 0 Å². The van der Waals surface area contributed by atoms with E-state index in [-0.39, 0.29) is 0 Å². The van der Waals surface area contributed by atoms with Gasteiger partial charge in [0.15, 0.2) is 0 Å². The van der Waals surface area contributed by atoms with Crippen LogP contribution in [0.2, 0.25) is 5.02 Å². The van der Waals surface area contributed by atoms with Crippen molar-refractivity contribution >= 4 is 17.3 Å². The molecule has 0 aliphatic rings. The lowest BCUT2D eigenvalue weighted by Crippen LogP contribution is -2.09. The van der Waals surface area contributed by atoms with Gasteiger partial charge in [0, 0.05) is 10.7 Å². The Labute approximate surface area is 87.8 Å². The number of benzene rings is 1. The monoisotopic (exact) mass is 207 g/mol. The van der Waals surface area contributed by atoms with Gasteiger partial charge in [0.25, 0.3) is 0 Å². The van der Waals surface area contributed by atoms with Gasteiger partial charge in [-0.3, -0.25) is 0 Å². The van der Waals surface area contributed by atoms with Gasteiger partial charge in [-0.2, -0.15) is 5.26 Å². The van der Waals surface area contributed by atoms with Crippen LogP contribution in [0.15, 0.2) is 30.1 Å². The van der Waals surface area contributed by atoms with Gasteiger partial charge in [-0.1, -0.05) is 11.6 Å². The molecule has 0 aliphatic heterocycles. The number of nitrogens with two attached hydrogens (primary N) is 1. The van der Waals surface area contributed by atoms with Crippen LogP contribution >= 0.6 is 11.6 Å². The molecule has 3 nitrogen and oxygen atoms in total. The highest BCUT2D eigenvalue weighted by molar-refractivity contribution is 6.30. The zero-order valence-corrected chi connectivity index (χ0v) is 8.47. The number of hydrogen-bond donors (Lipinski definition) is 2. The highest BCUT2D eigenvalue weighted by Crippen LogP contribution is 2.19. The normalized spacial score (nSPS) is 10.8. The average molecular weight is 208 g/mol. The quantitative estimate of drug-likeness (QED) is 0.732. The van der Waals surface area contributed by atoms with Gasteiger partial charge in [-0.25, -0.2) is 0 Å². The first kappa shape index (κ1) is 10.4. The summed E-state index contributed by atoms with van der Waals surface area (Å²) in [6.45, 7) is 1.91. The predicted molar refractivity (Wildman–Crippen MR) is 57.7 cm³/mol. The van der Waals surface area contributed by atoms with Crippen molar-refractivity contribution in [3.8, 4) is 6.07 Å². The molecular weight excluding hydrogens is 198 g/mol. The summed E-state index contributed by atoms with van der Waals surface area (Å²) < 4.78 is 0. The van der Waals surface area contributed by atoms with Crippen molar-refractivity contribution in [1.29, 1.82) is 5.26 Å². The second-order valence-electron chi connectivity index (χ2n) is 2.81. The molecule has 0 aliphatic carbocycles. The summed E-state index contributed by atoms with van der Waals surface area (Å²) in [7, 11) is 0. The van der Waals surface area contributed by atoms with Crippen LogP contribution in [0.4, 0.5) is 5.69 Å². The van der Waals surface area contributed by atoms with Crippen LogP contribution < -0.4 is 11.1 Å². The molecule has 4 heteroatoms. The van der Waals surface area contributed by atoms with Crippen molar-refractivity contribution in [2.75, 3.05) is 5.32 Å². The molecule has 1 rings (SSSR count). The SMILES string of the molecule is Cc1cc(Cl)ccc1N/C(N)=C\C#N. The molecule has 0 saturated carbocycles. The second kappa shape index (κ2) is 4.54. The Kier molecular flexibility index (Phi) is 3.38. The fourth-order valence-electron chi connectivity index (χ4n) is 1.03. The smallest absolute Gasteiger partial charge is 0.111 e. The molecule has 14 heavy (non-hydrogen) atoms. The van der Waals surface area contributed by atoms with E-state index in [9.17, 15) is 0 Å². The van der Waals surface area contributed by atoms with E-state index in [1.54, 1.807) is 6.07 Å². The third-order valence-electron chi connectivity index (χ3n) is 1.69. The Morgan fingerprint density at radius 3 is 2.93 bits per heavy atom. The Morgan fingerprint density at radius 1 is 1.64 bits per heavy atom. The Hall–Kier alpha value is -1.66. The summed E-state index contributed by atoms with van der Waals surface area (Å²) in [4.78, 5) is 0. The molecule has 3 N–H and O–H groups in total. The number of nitrogens with one attached hydrogen (secondary N) is 1. The van der Waals surface area contributed by atoms with Crippen LogP contribution in [-0.2, 0) is 0 Å². The number of nitriles is 1. The highest BCUT2D eigenvalue weighted by atomic mass is 35.5. The van der Waals surface area contributed by atoms with Gasteiger partial charge in [0.05, 0.1) is 12.1 Å². The predicted octanol–water partition coefficient (Wildman–Crippen LogP) is 2.38. The topological polar surface area (TPSA) is 61.8 Å². The first-order valence-corrected chi connectivity index (χ1v) is 4.39. The Morgan fingerprint density at radius 2 is 2.36 bits per heavy atom. The minimum absolute atomic E-state index is 0.318. The third kappa shape index (κ3) is 2.68. The maximum Gasteiger partial charge on any atom is 0.111 e. The molecule has 1 aromatic carbocycles. The summed E-state index contributed by atoms with van der Waals surface area (Å²) >= 11 is 5.79. The molecule has 0 fully saturated rings. The van der Waals surface area contributed by atoms with Gasteiger partial charge < -0.3 is 11.1 Å². The lowest BCUT2D eigenvalue weighted by atomic mass is 10.2. The maximum absolute atomic E-state index is 8.36. The number of allylic oxidation sites excluding steroid dienone is 1. The van der Waals surface area contributed by atoms with E-state index in [4.69, 9.17) is 22.6 Å². The number of aryl methyl sites for hydroxylation is 1. The first-order valence-electron chi connectivity index (χ1n) is 4.02. The summed E-state index contributed by atoms with van der Waals surface area (Å²) in [5.74, 6) is 0.318. The van der Waals surface area contributed by atoms with Gasteiger partial charge in [-0.05, 0) is 30.7 Å². The molecule has 0 amide bonds. The highest BCUT2D eigenvalue weighted by Gasteiger charge is 1.98. The van der Waals surface area contributed by atoms with Crippen LogP contribution in [0.3, 0.4) is 0 Å². The zero-order chi connectivity index (χ0) is 10.6. The van der Waals surface area contributed by atoms with Crippen molar-refractivity contribution < 1.29 is 0 Å². The first-order chi connectivity index (χ1) is 6.63. The molecule has 1 aromatic rings. The van der Waals surface area contributed by atoms with Gasteiger partial charge in [-0.15, -0.1) is 0 Å². The number of halogens is 1. The fourth-order valence-corrected chi connectivity index (χ4v) is 1.26. The van der Waals surface area contributed by atoms with Crippen molar-refractivity contribution in [3.05, 3.63) is 40.7 Å². The molecule has 0 saturated heterocycles. The molecule has 0 aromatic heterocycles. The lowest BCUT2D eigenvalue weighted by Gasteiger charge is -2.08. The van der Waals surface area contributed by atoms with E-state index in [2.05, 4.69) is 5.32 Å². The van der Waals surface area contributed by atoms with E-state index in [1.807, 2.05) is 25.1 Å². The van der Waals surface area contributed by atoms with E-state index < -0.39 is 0 Å². The molecule has 0 unspecified atom stereocenters. The summed E-state index contributed by atoms with van der Waals surface area (Å²) in [6, 6.07) is 7.24.